The van der Waals surface area contributed by atoms with E-state index in [1.807, 2.05) is 37.3 Å². The molecule has 0 bridgehead atoms. The first kappa shape index (κ1) is 13.9. The number of carbonyl (C=O) groups excluding carboxylic acids is 1. The Hall–Kier alpha value is -1.51. The molecule has 0 fully saturated rings. The summed E-state index contributed by atoms with van der Waals surface area (Å²) in [6.07, 6.45) is 0. The maximum absolute atomic E-state index is 12.1. The second-order valence-corrected chi connectivity index (χ2v) is 4.95. The van der Waals surface area contributed by atoms with Crippen LogP contribution in [0.1, 0.15) is 21.5 Å². The Morgan fingerprint density at radius 1 is 1.21 bits per heavy atom. The lowest BCUT2D eigenvalue weighted by atomic mass is 10.1. The van der Waals surface area contributed by atoms with E-state index in [2.05, 4.69) is 5.32 Å². The van der Waals surface area contributed by atoms with Gasteiger partial charge in [0.2, 0.25) is 0 Å². The van der Waals surface area contributed by atoms with Crippen LogP contribution in [0.25, 0.3) is 0 Å². The van der Waals surface area contributed by atoms with Gasteiger partial charge >= 0.3 is 0 Å². The second-order valence-electron chi connectivity index (χ2n) is 4.27. The van der Waals surface area contributed by atoms with Gasteiger partial charge in [-0.3, -0.25) is 4.79 Å². The summed E-state index contributed by atoms with van der Waals surface area (Å²) in [5.74, 6) is 0.186. The molecule has 98 valence electrons. The van der Waals surface area contributed by atoms with Gasteiger partial charge in [0.05, 0.1) is 10.6 Å². The fourth-order valence-electron chi connectivity index (χ4n) is 1.73. The molecule has 0 aromatic heterocycles. The van der Waals surface area contributed by atoms with Crippen LogP contribution in [0.5, 0.6) is 0 Å². The number of carbonyl (C=O) groups is 1. The van der Waals surface area contributed by atoms with Gasteiger partial charge in [-0.15, -0.1) is 11.6 Å². The number of halogens is 2. The van der Waals surface area contributed by atoms with Crippen molar-refractivity contribution >= 4 is 34.8 Å². The average molecular weight is 294 g/mol. The van der Waals surface area contributed by atoms with E-state index in [4.69, 9.17) is 23.2 Å². The summed E-state index contributed by atoms with van der Waals surface area (Å²) in [6.45, 7) is 1.93. The molecule has 1 N–H and O–H groups in total. The molecule has 1 amide bonds. The highest BCUT2D eigenvalue weighted by Gasteiger charge is 2.10. The standard InChI is InChI=1S/C15H13Cl2NO/c1-10-5-6-13(14(17)7-10)15(19)18-12-4-2-3-11(8-12)9-16/h2-8H,9H2,1H3,(H,18,19). The van der Waals surface area contributed by atoms with Crippen molar-refractivity contribution in [3.8, 4) is 0 Å². The third-order valence-electron chi connectivity index (χ3n) is 2.71. The number of aryl methyl sites for hydroxylation is 1. The van der Waals surface area contributed by atoms with Crippen molar-refractivity contribution < 1.29 is 4.79 Å². The van der Waals surface area contributed by atoms with Crippen LogP contribution in [0.2, 0.25) is 5.02 Å². The molecule has 0 unspecified atom stereocenters. The molecule has 0 aliphatic carbocycles. The van der Waals surface area contributed by atoms with Crippen LogP contribution in [0, 0.1) is 6.92 Å². The monoisotopic (exact) mass is 293 g/mol. The molecule has 2 aromatic rings. The van der Waals surface area contributed by atoms with Gasteiger partial charge in [0, 0.05) is 11.6 Å². The Balaban J connectivity index is 2.20. The van der Waals surface area contributed by atoms with Gasteiger partial charge < -0.3 is 5.32 Å². The largest absolute Gasteiger partial charge is 0.322 e. The lowest BCUT2D eigenvalue weighted by Crippen LogP contribution is -2.12. The van der Waals surface area contributed by atoms with E-state index in [-0.39, 0.29) is 5.91 Å². The molecule has 0 heterocycles. The minimum atomic E-state index is -0.225. The highest BCUT2D eigenvalue weighted by atomic mass is 35.5. The Kier molecular flexibility index (Phi) is 4.46. The molecule has 0 spiro atoms. The number of hydrogen-bond acceptors (Lipinski definition) is 1. The lowest BCUT2D eigenvalue weighted by molar-refractivity contribution is 0.102. The first-order valence-electron chi connectivity index (χ1n) is 5.82. The topological polar surface area (TPSA) is 29.1 Å². The first-order chi connectivity index (χ1) is 9.10. The molecule has 0 aliphatic rings. The van der Waals surface area contributed by atoms with E-state index < -0.39 is 0 Å². The Bertz CT molecular complexity index is 611. The van der Waals surface area contributed by atoms with Crippen molar-refractivity contribution in [1.29, 1.82) is 0 Å². The predicted octanol–water partition coefficient (Wildman–Crippen LogP) is 4.64. The van der Waals surface area contributed by atoms with E-state index in [0.29, 0.717) is 22.2 Å². The van der Waals surface area contributed by atoms with E-state index >= 15 is 0 Å². The molecular weight excluding hydrogens is 281 g/mol. The Morgan fingerprint density at radius 3 is 2.68 bits per heavy atom. The molecule has 0 aliphatic heterocycles. The van der Waals surface area contributed by atoms with Crippen LogP contribution in [0.3, 0.4) is 0 Å². The third kappa shape index (κ3) is 3.49. The zero-order chi connectivity index (χ0) is 13.8. The van der Waals surface area contributed by atoms with Gasteiger partial charge in [-0.25, -0.2) is 0 Å². The van der Waals surface area contributed by atoms with Gasteiger partial charge in [0.25, 0.3) is 5.91 Å². The zero-order valence-electron chi connectivity index (χ0n) is 10.4. The van der Waals surface area contributed by atoms with Crippen molar-refractivity contribution in [3.05, 3.63) is 64.2 Å². The normalized spacial score (nSPS) is 10.3. The van der Waals surface area contributed by atoms with Crippen LogP contribution >= 0.6 is 23.2 Å². The zero-order valence-corrected chi connectivity index (χ0v) is 11.9. The number of alkyl halides is 1. The highest BCUT2D eigenvalue weighted by molar-refractivity contribution is 6.34. The average Bonchev–Trinajstić information content (AvgIpc) is 2.38. The molecule has 4 heteroatoms. The van der Waals surface area contributed by atoms with Crippen molar-refractivity contribution in [2.45, 2.75) is 12.8 Å². The quantitative estimate of drug-likeness (QED) is 0.821. The summed E-state index contributed by atoms with van der Waals surface area (Å²) >= 11 is 11.8. The van der Waals surface area contributed by atoms with Crippen LogP contribution in [0.4, 0.5) is 5.69 Å². The van der Waals surface area contributed by atoms with Crippen LogP contribution in [-0.4, -0.2) is 5.91 Å². The molecular formula is C15H13Cl2NO. The molecule has 0 saturated heterocycles. The summed E-state index contributed by atoms with van der Waals surface area (Å²) in [7, 11) is 0. The van der Waals surface area contributed by atoms with Crippen molar-refractivity contribution in [2.24, 2.45) is 0 Å². The second kappa shape index (κ2) is 6.09. The lowest BCUT2D eigenvalue weighted by Gasteiger charge is -2.08. The minimum absolute atomic E-state index is 0.225. The first-order valence-corrected chi connectivity index (χ1v) is 6.74. The summed E-state index contributed by atoms with van der Waals surface area (Å²) < 4.78 is 0. The van der Waals surface area contributed by atoms with E-state index in [1.165, 1.54) is 0 Å². The predicted molar refractivity (Wildman–Crippen MR) is 80.1 cm³/mol. The summed E-state index contributed by atoms with van der Waals surface area (Å²) in [4.78, 5) is 12.1. The molecule has 2 rings (SSSR count). The number of nitrogens with one attached hydrogen (secondary N) is 1. The number of hydrogen-bond donors (Lipinski definition) is 1. The molecule has 0 saturated carbocycles. The molecule has 0 atom stereocenters. The Morgan fingerprint density at radius 2 is 2.00 bits per heavy atom. The summed E-state index contributed by atoms with van der Waals surface area (Å²) in [5, 5.41) is 3.26. The fraction of sp³-hybridized carbons (Fsp3) is 0.133. The molecule has 2 aromatic carbocycles. The molecule has 19 heavy (non-hydrogen) atoms. The summed E-state index contributed by atoms with van der Waals surface area (Å²) in [5.41, 5.74) is 3.14. The van der Waals surface area contributed by atoms with Gasteiger partial charge in [-0.05, 0) is 42.3 Å². The van der Waals surface area contributed by atoms with Gasteiger partial charge in [0.1, 0.15) is 0 Å². The number of rotatable bonds is 3. The van der Waals surface area contributed by atoms with Gasteiger partial charge in [0.15, 0.2) is 0 Å². The van der Waals surface area contributed by atoms with Crippen molar-refractivity contribution in [3.63, 3.8) is 0 Å². The number of anilines is 1. The number of amides is 1. The van der Waals surface area contributed by atoms with Crippen LogP contribution in [-0.2, 0) is 5.88 Å². The fourth-order valence-corrected chi connectivity index (χ4v) is 2.22. The minimum Gasteiger partial charge on any atom is -0.322 e. The Labute approximate surface area is 122 Å². The van der Waals surface area contributed by atoms with E-state index in [9.17, 15) is 4.79 Å². The SMILES string of the molecule is Cc1ccc(C(=O)Nc2cccc(CCl)c2)c(Cl)c1. The van der Waals surface area contributed by atoms with E-state index in [0.717, 1.165) is 11.1 Å². The highest BCUT2D eigenvalue weighted by Crippen LogP contribution is 2.20. The van der Waals surface area contributed by atoms with Crippen LogP contribution in [0.15, 0.2) is 42.5 Å². The molecule has 0 radical (unpaired) electrons. The van der Waals surface area contributed by atoms with Crippen molar-refractivity contribution in [1.82, 2.24) is 0 Å². The third-order valence-corrected chi connectivity index (χ3v) is 3.33. The maximum atomic E-state index is 12.1. The van der Waals surface area contributed by atoms with Crippen molar-refractivity contribution in [2.75, 3.05) is 5.32 Å². The van der Waals surface area contributed by atoms with Gasteiger partial charge in [-0.1, -0.05) is 29.8 Å². The van der Waals surface area contributed by atoms with Crippen LogP contribution < -0.4 is 5.32 Å². The molecule has 2 nitrogen and oxygen atoms in total. The summed E-state index contributed by atoms with van der Waals surface area (Å²) in [6, 6.07) is 12.8. The number of benzene rings is 2. The van der Waals surface area contributed by atoms with Gasteiger partial charge in [-0.2, -0.15) is 0 Å². The smallest absolute Gasteiger partial charge is 0.257 e. The van der Waals surface area contributed by atoms with E-state index in [1.54, 1.807) is 12.1 Å². The maximum Gasteiger partial charge on any atom is 0.257 e.